The number of aromatic nitrogens is 3. The highest BCUT2D eigenvalue weighted by Gasteiger charge is 2.27. The number of alkyl halides is 3. The molecule has 2 heterocycles. The summed E-state index contributed by atoms with van der Waals surface area (Å²) in [5, 5.41) is 5.49. The molecule has 0 spiro atoms. The summed E-state index contributed by atoms with van der Waals surface area (Å²) in [7, 11) is 0. The minimum absolute atomic E-state index is 0.316. The maximum atomic E-state index is 11.9. The first-order chi connectivity index (χ1) is 8.87. The van der Waals surface area contributed by atoms with Gasteiger partial charge < -0.3 is 5.32 Å². The van der Waals surface area contributed by atoms with Gasteiger partial charge in [0.2, 0.25) is 5.91 Å². The number of pyridine rings is 1. The quantitative estimate of drug-likeness (QED) is 0.867. The van der Waals surface area contributed by atoms with Crippen LogP contribution in [0.4, 0.5) is 13.2 Å². The molecule has 102 valence electrons. The Morgan fingerprint density at radius 3 is 2.74 bits per heavy atom. The number of halogens is 3. The van der Waals surface area contributed by atoms with Gasteiger partial charge in [0.05, 0.1) is 0 Å². The van der Waals surface area contributed by atoms with Crippen molar-refractivity contribution in [3.05, 3.63) is 34.9 Å². The van der Waals surface area contributed by atoms with Gasteiger partial charge in [-0.15, -0.1) is 5.10 Å². The van der Waals surface area contributed by atoms with Crippen molar-refractivity contribution in [3.8, 4) is 0 Å². The lowest BCUT2D eigenvalue weighted by atomic mass is 10.5. The van der Waals surface area contributed by atoms with Crippen LogP contribution in [0.1, 0.15) is 0 Å². The summed E-state index contributed by atoms with van der Waals surface area (Å²) in [6.45, 7) is -2.00. The van der Waals surface area contributed by atoms with Gasteiger partial charge >= 0.3 is 11.9 Å². The van der Waals surface area contributed by atoms with E-state index in [9.17, 15) is 22.8 Å². The first-order valence-corrected chi connectivity index (χ1v) is 5.24. The van der Waals surface area contributed by atoms with Gasteiger partial charge in [0.1, 0.15) is 13.1 Å². The first-order valence-electron chi connectivity index (χ1n) is 5.24. The van der Waals surface area contributed by atoms with Crippen molar-refractivity contribution in [2.45, 2.75) is 12.7 Å². The zero-order valence-electron chi connectivity index (χ0n) is 9.52. The molecule has 0 aliphatic heterocycles. The third-order valence-electron chi connectivity index (χ3n) is 2.27. The van der Waals surface area contributed by atoms with E-state index < -0.39 is 30.9 Å². The number of carbonyl (C=O) groups excluding carboxylic acids is 1. The molecule has 2 aromatic heterocycles. The summed E-state index contributed by atoms with van der Waals surface area (Å²) >= 11 is 0. The minimum Gasteiger partial charge on any atom is -0.345 e. The van der Waals surface area contributed by atoms with Crippen LogP contribution in [-0.2, 0) is 11.3 Å². The van der Waals surface area contributed by atoms with Gasteiger partial charge in [0.25, 0.3) is 0 Å². The number of carbonyl (C=O) groups is 1. The Labute approximate surface area is 104 Å². The molecule has 1 N–H and O–H groups in total. The van der Waals surface area contributed by atoms with Gasteiger partial charge in [-0.05, 0) is 12.1 Å². The fourth-order valence-electron chi connectivity index (χ4n) is 1.46. The van der Waals surface area contributed by atoms with E-state index in [0.29, 0.717) is 5.65 Å². The highest BCUT2D eigenvalue weighted by molar-refractivity contribution is 5.75. The lowest BCUT2D eigenvalue weighted by molar-refractivity contribution is -0.138. The average Bonchev–Trinajstić information content (AvgIpc) is 2.64. The Kier molecular flexibility index (Phi) is 3.28. The number of nitrogens with one attached hydrogen (secondary N) is 1. The monoisotopic (exact) mass is 274 g/mol. The second kappa shape index (κ2) is 4.75. The number of rotatable bonds is 3. The smallest absolute Gasteiger partial charge is 0.345 e. The van der Waals surface area contributed by atoms with Crippen LogP contribution in [0, 0.1) is 0 Å². The van der Waals surface area contributed by atoms with E-state index in [2.05, 4.69) is 5.10 Å². The Morgan fingerprint density at radius 1 is 1.37 bits per heavy atom. The molecule has 0 radical (unpaired) electrons. The zero-order chi connectivity index (χ0) is 14.0. The molecule has 0 aliphatic carbocycles. The van der Waals surface area contributed by atoms with Crippen LogP contribution in [0.5, 0.6) is 0 Å². The lowest BCUT2D eigenvalue weighted by Gasteiger charge is -2.07. The molecule has 0 saturated heterocycles. The molecular weight excluding hydrogens is 265 g/mol. The van der Waals surface area contributed by atoms with Crippen molar-refractivity contribution in [1.29, 1.82) is 0 Å². The standard InChI is InChI=1S/C10H9F3N4O2/c11-10(12,13)6-14-8(18)5-17-9(19)16-4-2-1-3-7(16)15-17/h1-4H,5-6H2,(H,14,18). The molecular formula is C10H9F3N4O2. The van der Waals surface area contributed by atoms with Crippen LogP contribution >= 0.6 is 0 Å². The molecule has 0 unspecified atom stereocenters. The maximum Gasteiger partial charge on any atom is 0.405 e. The summed E-state index contributed by atoms with van der Waals surface area (Å²) in [6.07, 6.45) is -3.03. The highest BCUT2D eigenvalue weighted by atomic mass is 19.4. The second-order valence-corrected chi connectivity index (χ2v) is 3.76. The largest absolute Gasteiger partial charge is 0.405 e. The molecule has 0 aliphatic rings. The molecule has 2 rings (SSSR count). The Morgan fingerprint density at radius 2 is 2.11 bits per heavy atom. The lowest BCUT2D eigenvalue weighted by Crippen LogP contribution is -2.38. The van der Waals surface area contributed by atoms with E-state index in [-0.39, 0.29) is 0 Å². The van der Waals surface area contributed by atoms with E-state index in [1.54, 1.807) is 23.5 Å². The van der Waals surface area contributed by atoms with Crippen molar-refractivity contribution < 1.29 is 18.0 Å². The number of amides is 1. The summed E-state index contributed by atoms with van der Waals surface area (Å²) in [4.78, 5) is 23.0. The van der Waals surface area contributed by atoms with Gasteiger partial charge in [-0.2, -0.15) is 13.2 Å². The summed E-state index contributed by atoms with van der Waals surface area (Å²) in [5.74, 6) is -0.928. The van der Waals surface area contributed by atoms with E-state index in [1.807, 2.05) is 0 Å². The third kappa shape index (κ3) is 3.12. The Bertz CT molecular complexity index is 659. The van der Waals surface area contributed by atoms with Gasteiger partial charge in [-0.3, -0.25) is 9.20 Å². The van der Waals surface area contributed by atoms with E-state index in [4.69, 9.17) is 0 Å². The number of nitrogens with zero attached hydrogens (tertiary/aromatic N) is 3. The van der Waals surface area contributed by atoms with E-state index >= 15 is 0 Å². The molecule has 6 nitrogen and oxygen atoms in total. The summed E-state index contributed by atoms with van der Waals surface area (Å²) in [5.41, 5.74) is -0.270. The fraction of sp³-hybridized carbons (Fsp3) is 0.300. The first kappa shape index (κ1) is 13.1. The number of hydrogen-bond donors (Lipinski definition) is 1. The molecule has 0 aromatic carbocycles. The topological polar surface area (TPSA) is 68.4 Å². The fourth-order valence-corrected chi connectivity index (χ4v) is 1.46. The highest BCUT2D eigenvalue weighted by Crippen LogP contribution is 2.11. The van der Waals surface area contributed by atoms with Crippen molar-refractivity contribution in [2.75, 3.05) is 6.54 Å². The average molecular weight is 274 g/mol. The molecule has 0 saturated carbocycles. The van der Waals surface area contributed by atoms with Crippen molar-refractivity contribution in [3.63, 3.8) is 0 Å². The predicted octanol–water partition coefficient (Wildman–Crippen LogP) is 0.175. The van der Waals surface area contributed by atoms with Gasteiger partial charge in [0.15, 0.2) is 5.65 Å². The number of fused-ring (bicyclic) bond motifs is 1. The third-order valence-corrected chi connectivity index (χ3v) is 2.27. The van der Waals surface area contributed by atoms with Crippen molar-refractivity contribution in [2.24, 2.45) is 0 Å². The van der Waals surface area contributed by atoms with Crippen molar-refractivity contribution >= 4 is 11.6 Å². The van der Waals surface area contributed by atoms with Crippen LogP contribution in [0.25, 0.3) is 5.65 Å². The van der Waals surface area contributed by atoms with Crippen LogP contribution < -0.4 is 11.0 Å². The SMILES string of the molecule is O=C(Cn1nc2ccccn2c1=O)NCC(F)(F)F. The Balaban J connectivity index is 2.11. The van der Waals surface area contributed by atoms with Crippen molar-refractivity contribution in [1.82, 2.24) is 19.5 Å². The van der Waals surface area contributed by atoms with Gasteiger partial charge in [-0.1, -0.05) is 6.07 Å². The normalized spacial score (nSPS) is 11.7. The van der Waals surface area contributed by atoms with Crippen LogP contribution in [0.3, 0.4) is 0 Å². The van der Waals surface area contributed by atoms with Crippen LogP contribution in [0.15, 0.2) is 29.2 Å². The van der Waals surface area contributed by atoms with E-state index in [1.165, 1.54) is 10.6 Å². The maximum absolute atomic E-state index is 11.9. The second-order valence-electron chi connectivity index (χ2n) is 3.76. The number of hydrogen-bond acceptors (Lipinski definition) is 3. The predicted molar refractivity (Wildman–Crippen MR) is 58.5 cm³/mol. The van der Waals surface area contributed by atoms with E-state index in [0.717, 1.165) is 4.68 Å². The molecule has 9 heteroatoms. The molecule has 0 atom stereocenters. The summed E-state index contributed by atoms with van der Waals surface area (Å²) in [6, 6.07) is 4.80. The van der Waals surface area contributed by atoms with Crippen LogP contribution in [-0.4, -0.2) is 32.8 Å². The molecule has 2 aromatic rings. The van der Waals surface area contributed by atoms with Gasteiger partial charge in [0, 0.05) is 6.20 Å². The molecule has 0 bridgehead atoms. The van der Waals surface area contributed by atoms with Gasteiger partial charge in [-0.25, -0.2) is 9.48 Å². The zero-order valence-corrected chi connectivity index (χ0v) is 9.52. The molecule has 0 fully saturated rings. The summed E-state index contributed by atoms with van der Waals surface area (Å²) < 4.78 is 37.7. The molecule has 1 amide bonds. The molecule has 19 heavy (non-hydrogen) atoms. The van der Waals surface area contributed by atoms with Crippen LogP contribution in [0.2, 0.25) is 0 Å². The minimum atomic E-state index is -4.49. The Hall–Kier alpha value is -2.32.